The van der Waals surface area contributed by atoms with Crippen LogP contribution in [-0.4, -0.2) is 6.79 Å². The van der Waals surface area contributed by atoms with Crippen molar-refractivity contribution < 1.29 is 4.79 Å². The van der Waals surface area contributed by atoms with Crippen molar-refractivity contribution >= 4 is 29.5 Å². The summed E-state index contributed by atoms with van der Waals surface area (Å²) in [4.78, 5) is 8.00. The van der Waals surface area contributed by atoms with Crippen LogP contribution in [0.1, 0.15) is 0 Å². The summed E-state index contributed by atoms with van der Waals surface area (Å²) in [6.07, 6.45) is 0. The third-order valence-corrected chi connectivity index (χ3v) is 2.33. The molecule has 0 bridgehead atoms. The Hall–Kier alpha value is -2.69. The smallest absolute Gasteiger partial charge is 0.223 e. The molecule has 2 aromatic rings. The Morgan fingerprint density at radius 2 is 1.17 bits per heavy atom. The lowest BCUT2D eigenvalue weighted by atomic mass is 10.2. The third kappa shape index (κ3) is 2.70. The zero-order valence-electron chi connectivity index (χ0n) is 9.78. The van der Waals surface area contributed by atoms with Crippen molar-refractivity contribution in [3.05, 3.63) is 54.1 Å². The Labute approximate surface area is 105 Å². The van der Waals surface area contributed by atoms with E-state index in [2.05, 4.69) is 0 Å². The van der Waals surface area contributed by atoms with E-state index in [1.807, 2.05) is 6.79 Å². The van der Waals surface area contributed by atoms with E-state index in [1.165, 1.54) is 0 Å². The summed E-state index contributed by atoms with van der Waals surface area (Å²) in [6, 6.07) is 14.1. The van der Waals surface area contributed by atoms with Crippen LogP contribution < -0.4 is 16.2 Å². The molecule has 5 heteroatoms. The van der Waals surface area contributed by atoms with Crippen LogP contribution in [0.3, 0.4) is 0 Å². The van der Waals surface area contributed by atoms with Crippen LogP contribution >= 0.6 is 0 Å². The lowest BCUT2D eigenvalue weighted by Gasteiger charge is -2.09. The fourth-order valence-corrected chi connectivity index (χ4v) is 1.49. The molecule has 0 amide bonds. The summed E-state index contributed by atoms with van der Waals surface area (Å²) >= 11 is 0. The van der Waals surface area contributed by atoms with Crippen molar-refractivity contribution in [3.8, 4) is 0 Å². The molecule has 0 radical (unpaired) electrons. The normalized spacial score (nSPS) is 9.11. The molecule has 0 unspecified atom stereocenters. The van der Waals surface area contributed by atoms with Crippen LogP contribution in [0.25, 0.3) is 5.53 Å². The highest BCUT2D eigenvalue weighted by molar-refractivity contribution is 5.72. The number of nitrogen functional groups attached to an aromatic ring is 2. The number of carbonyl (C=O) groups is 1. The van der Waals surface area contributed by atoms with Crippen LogP contribution in [0, 0.1) is 0 Å². The van der Waals surface area contributed by atoms with E-state index in [9.17, 15) is 5.53 Å². The first-order valence-electron chi connectivity index (χ1n) is 5.17. The van der Waals surface area contributed by atoms with Gasteiger partial charge in [-0.2, -0.15) is 0 Å². The Balaban J connectivity index is 0.000000771. The van der Waals surface area contributed by atoms with E-state index in [-0.39, 0.29) is 0 Å². The topological polar surface area (TPSA) is 94.4 Å². The zero-order valence-corrected chi connectivity index (χ0v) is 9.78. The lowest BCUT2D eigenvalue weighted by Crippen LogP contribution is -2.03. The number of hydrogen-bond donors (Lipinski definition) is 2. The quantitative estimate of drug-likeness (QED) is 0.481. The van der Waals surface area contributed by atoms with Gasteiger partial charge in [0.25, 0.3) is 0 Å². The van der Waals surface area contributed by atoms with E-state index >= 15 is 0 Å². The van der Waals surface area contributed by atoms with Gasteiger partial charge in [0, 0.05) is 12.1 Å². The minimum Gasteiger partial charge on any atom is -0.493 e. The average Bonchev–Trinajstić information content (AvgIpc) is 2.41. The number of carbonyl (C=O) groups excluding carboxylic acids is 1. The SMILES string of the molecule is C=O.[N-]=[N+](c1ccccc1N)c1ccccc1N. The summed E-state index contributed by atoms with van der Waals surface area (Å²) in [5.74, 6) is 0. The minimum atomic E-state index is 0.494. The number of hydrogen-bond acceptors (Lipinski definition) is 3. The molecule has 0 spiro atoms. The fourth-order valence-electron chi connectivity index (χ4n) is 1.49. The standard InChI is InChI=1S/C12H12N4.CH2O/c13-9-5-1-3-7-11(9)16(15)12-8-4-2-6-10(12)14;1-2/h1-8H,13-14H2;1H2. The van der Waals surface area contributed by atoms with Gasteiger partial charge in [-0.25, -0.2) is 4.70 Å². The molecule has 0 aliphatic rings. The van der Waals surface area contributed by atoms with Gasteiger partial charge in [-0.05, 0) is 12.1 Å². The second-order valence-electron chi connectivity index (χ2n) is 3.43. The molecular weight excluding hydrogens is 228 g/mol. The van der Waals surface area contributed by atoms with Crippen molar-refractivity contribution in [2.24, 2.45) is 0 Å². The molecule has 2 rings (SSSR count). The Morgan fingerprint density at radius 3 is 1.50 bits per heavy atom. The largest absolute Gasteiger partial charge is 0.493 e. The summed E-state index contributed by atoms with van der Waals surface area (Å²) in [7, 11) is 0. The van der Waals surface area contributed by atoms with Crippen LogP contribution in [0.5, 0.6) is 0 Å². The predicted molar refractivity (Wildman–Crippen MR) is 73.6 cm³/mol. The lowest BCUT2D eigenvalue weighted by molar-refractivity contribution is -0.0979. The Morgan fingerprint density at radius 1 is 0.833 bits per heavy atom. The molecule has 0 heterocycles. The maximum absolute atomic E-state index is 10.0. The molecule has 0 aliphatic carbocycles. The predicted octanol–water partition coefficient (Wildman–Crippen LogP) is 2.52. The number of benzene rings is 2. The first-order chi connectivity index (χ1) is 8.70. The van der Waals surface area contributed by atoms with E-state index in [0.29, 0.717) is 22.7 Å². The molecule has 92 valence electrons. The van der Waals surface area contributed by atoms with E-state index < -0.39 is 0 Å². The average molecular weight is 242 g/mol. The summed E-state index contributed by atoms with van der Waals surface area (Å²) < 4.78 is 0.991. The van der Waals surface area contributed by atoms with Gasteiger partial charge in [0.2, 0.25) is 11.4 Å². The van der Waals surface area contributed by atoms with Gasteiger partial charge < -0.3 is 21.8 Å². The highest BCUT2D eigenvalue weighted by Crippen LogP contribution is 2.29. The second-order valence-corrected chi connectivity index (χ2v) is 3.43. The van der Waals surface area contributed by atoms with Crippen molar-refractivity contribution in [3.63, 3.8) is 0 Å². The highest BCUT2D eigenvalue weighted by atomic mass is 16.1. The third-order valence-electron chi connectivity index (χ3n) is 2.33. The number of nitrogens with two attached hydrogens (primary N) is 2. The first-order valence-corrected chi connectivity index (χ1v) is 5.17. The maximum atomic E-state index is 10.0. The molecule has 4 N–H and O–H groups in total. The number of anilines is 2. The minimum absolute atomic E-state index is 0.494. The van der Waals surface area contributed by atoms with E-state index in [1.54, 1.807) is 48.5 Å². The van der Waals surface area contributed by atoms with Gasteiger partial charge in [0.15, 0.2) is 0 Å². The van der Waals surface area contributed by atoms with Crippen LogP contribution in [0.15, 0.2) is 48.5 Å². The molecule has 0 saturated carbocycles. The molecule has 0 saturated heterocycles. The molecule has 0 fully saturated rings. The molecule has 0 aliphatic heterocycles. The molecule has 0 atom stereocenters. The van der Waals surface area contributed by atoms with Gasteiger partial charge >= 0.3 is 0 Å². The number of nitrogens with zero attached hydrogens (tertiary/aromatic N) is 2. The monoisotopic (exact) mass is 242 g/mol. The van der Waals surface area contributed by atoms with Gasteiger partial charge in [-0.3, -0.25) is 0 Å². The molecule has 5 nitrogen and oxygen atoms in total. The van der Waals surface area contributed by atoms with Gasteiger partial charge in [0.1, 0.15) is 18.2 Å². The first kappa shape index (κ1) is 13.4. The Bertz CT molecular complexity index is 507. The Kier molecular flexibility index (Phi) is 4.57. The van der Waals surface area contributed by atoms with Crippen molar-refractivity contribution in [2.75, 3.05) is 11.5 Å². The van der Waals surface area contributed by atoms with E-state index in [0.717, 1.165) is 4.70 Å². The van der Waals surface area contributed by atoms with E-state index in [4.69, 9.17) is 16.3 Å². The summed E-state index contributed by atoms with van der Waals surface area (Å²) in [6.45, 7) is 2.00. The van der Waals surface area contributed by atoms with Crippen LogP contribution in [0.2, 0.25) is 0 Å². The zero-order chi connectivity index (χ0) is 13.5. The second kappa shape index (κ2) is 6.15. The van der Waals surface area contributed by atoms with Crippen molar-refractivity contribution in [1.29, 1.82) is 0 Å². The summed E-state index contributed by atoms with van der Waals surface area (Å²) in [5.41, 5.74) is 23.6. The van der Waals surface area contributed by atoms with Gasteiger partial charge in [-0.15, -0.1) is 0 Å². The van der Waals surface area contributed by atoms with Crippen LogP contribution in [-0.2, 0) is 4.79 Å². The van der Waals surface area contributed by atoms with Crippen molar-refractivity contribution in [2.45, 2.75) is 0 Å². The number of rotatable bonds is 2. The van der Waals surface area contributed by atoms with Gasteiger partial charge in [0.05, 0.1) is 0 Å². The van der Waals surface area contributed by atoms with Crippen LogP contribution in [0.4, 0.5) is 22.7 Å². The maximum Gasteiger partial charge on any atom is 0.223 e. The fraction of sp³-hybridized carbons (Fsp3) is 0. The molecular formula is C13H14N4O. The van der Waals surface area contributed by atoms with Gasteiger partial charge in [-0.1, -0.05) is 24.3 Å². The summed E-state index contributed by atoms with van der Waals surface area (Å²) in [5, 5.41) is 0. The van der Waals surface area contributed by atoms with Crippen molar-refractivity contribution in [1.82, 2.24) is 4.70 Å². The highest BCUT2D eigenvalue weighted by Gasteiger charge is 2.12. The number of para-hydroxylation sites is 4. The molecule has 2 aromatic carbocycles. The molecule has 0 aromatic heterocycles. The molecule has 18 heavy (non-hydrogen) atoms.